The monoisotopic (exact) mass is 405 g/mol. The van der Waals surface area contributed by atoms with Crippen LogP contribution in [-0.4, -0.2) is 42.8 Å². The van der Waals surface area contributed by atoms with Crippen LogP contribution in [-0.2, 0) is 19.4 Å². The summed E-state index contributed by atoms with van der Waals surface area (Å²) in [4.78, 5) is 14.6. The van der Waals surface area contributed by atoms with E-state index in [1.54, 1.807) is 21.5 Å². The SMILES string of the molecule is Cc1cc(C)n(-c2ccc(=O)n(CC3CN(c4cc5c(nn4)CCC(C)C5)C3)n2)n1. The second-order valence-electron chi connectivity index (χ2n) is 8.84. The molecule has 0 aromatic carbocycles. The standard InChI is InChI=1S/C22H27N7O/c1-14-4-5-19-18(8-14)10-21(24-23-19)27-11-17(12-27)13-28-22(30)7-6-20(26-28)29-16(3)9-15(2)25-29/h6-7,9-10,14,17H,4-5,8,11-13H2,1-3H3. The minimum atomic E-state index is -0.0821. The number of fused-ring (bicyclic) bond motifs is 1. The van der Waals surface area contributed by atoms with Crippen molar-refractivity contribution in [2.75, 3.05) is 18.0 Å². The Labute approximate surface area is 175 Å². The van der Waals surface area contributed by atoms with Crippen LogP contribution < -0.4 is 10.5 Å². The van der Waals surface area contributed by atoms with Crippen LogP contribution in [0.2, 0.25) is 0 Å². The Hall–Kier alpha value is -3.03. The summed E-state index contributed by atoms with van der Waals surface area (Å²) in [5.41, 5.74) is 4.35. The maximum Gasteiger partial charge on any atom is 0.266 e. The predicted molar refractivity (Wildman–Crippen MR) is 114 cm³/mol. The fourth-order valence-corrected chi connectivity index (χ4v) is 4.51. The molecular weight excluding hydrogens is 378 g/mol. The van der Waals surface area contributed by atoms with Gasteiger partial charge in [-0.25, -0.2) is 9.36 Å². The van der Waals surface area contributed by atoms with Gasteiger partial charge >= 0.3 is 0 Å². The molecular formula is C22H27N7O. The van der Waals surface area contributed by atoms with Crippen LogP contribution in [0.15, 0.2) is 29.1 Å². The second kappa shape index (κ2) is 7.34. The van der Waals surface area contributed by atoms with Gasteiger partial charge in [0.1, 0.15) is 0 Å². The summed E-state index contributed by atoms with van der Waals surface area (Å²) in [6.07, 6.45) is 3.32. The van der Waals surface area contributed by atoms with E-state index in [9.17, 15) is 4.79 Å². The first-order chi connectivity index (χ1) is 14.5. The zero-order valence-corrected chi connectivity index (χ0v) is 17.7. The molecule has 1 aliphatic heterocycles. The third kappa shape index (κ3) is 3.51. The summed E-state index contributed by atoms with van der Waals surface area (Å²) in [6.45, 7) is 8.56. The molecule has 0 spiro atoms. The highest BCUT2D eigenvalue weighted by molar-refractivity contribution is 5.44. The van der Waals surface area contributed by atoms with Crippen LogP contribution >= 0.6 is 0 Å². The van der Waals surface area contributed by atoms with E-state index in [1.165, 1.54) is 12.0 Å². The van der Waals surface area contributed by atoms with Gasteiger partial charge in [-0.1, -0.05) is 6.92 Å². The molecule has 1 atom stereocenters. The third-order valence-electron chi connectivity index (χ3n) is 6.18. The molecule has 8 nitrogen and oxygen atoms in total. The fourth-order valence-electron chi connectivity index (χ4n) is 4.51. The highest BCUT2D eigenvalue weighted by Gasteiger charge is 2.30. The number of aryl methyl sites for hydroxylation is 3. The minimum Gasteiger partial charge on any atom is -0.354 e. The van der Waals surface area contributed by atoms with E-state index in [2.05, 4.69) is 38.3 Å². The molecule has 3 aromatic rings. The molecule has 2 aliphatic rings. The quantitative estimate of drug-likeness (QED) is 0.661. The zero-order chi connectivity index (χ0) is 20.8. The van der Waals surface area contributed by atoms with Crippen molar-refractivity contribution in [3.63, 3.8) is 0 Å². The summed E-state index contributed by atoms with van der Waals surface area (Å²) >= 11 is 0. The molecule has 5 rings (SSSR count). The van der Waals surface area contributed by atoms with Crippen molar-refractivity contribution in [1.29, 1.82) is 0 Å². The van der Waals surface area contributed by atoms with Crippen molar-refractivity contribution in [3.8, 4) is 5.82 Å². The van der Waals surface area contributed by atoms with Crippen molar-refractivity contribution in [2.24, 2.45) is 11.8 Å². The normalized spacial score (nSPS) is 18.9. The van der Waals surface area contributed by atoms with E-state index in [0.29, 0.717) is 24.2 Å². The van der Waals surface area contributed by atoms with Crippen LogP contribution in [0, 0.1) is 25.7 Å². The molecule has 30 heavy (non-hydrogen) atoms. The summed E-state index contributed by atoms with van der Waals surface area (Å²) in [7, 11) is 0. The lowest BCUT2D eigenvalue weighted by Gasteiger charge is -2.40. The van der Waals surface area contributed by atoms with E-state index in [-0.39, 0.29) is 5.56 Å². The van der Waals surface area contributed by atoms with Crippen molar-refractivity contribution in [3.05, 3.63) is 57.3 Å². The van der Waals surface area contributed by atoms with Gasteiger partial charge in [0.2, 0.25) is 0 Å². The van der Waals surface area contributed by atoms with Gasteiger partial charge in [-0.05, 0) is 62.8 Å². The topological polar surface area (TPSA) is 81.7 Å². The number of rotatable bonds is 4. The molecule has 0 radical (unpaired) electrons. The number of aromatic nitrogens is 6. The van der Waals surface area contributed by atoms with E-state index in [0.717, 1.165) is 48.8 Å². The number of anilines is 1. The van der Waals surface area contributed by atoms with Crippen LogP contribution in [0.25, 0.3) is 5.82 Å². The van der Waals surface area contributed by atoms with Gasteiger partial charge in [-0.3, -0.25) is 4.79 Å². The average molecular weight is 406 g/mol. The first kappa shape index (κ1) is 19.0. The molecule has 156 valence electrons. The summed E-state index contributed by atoms with van der Waals surface area (Å²) in [5.74, 6) is 2.70. The zero-order valence-electron chi connectivity index (χ0n) is 17.7. The van der Waals surface area contributed by atoms with Crippen LogP contribution in [0.4, 0.5) is 5.82 Å². The molecule has 1 fully saturated rings. The lowest BCUT2D eigenvalue weighted by Crippen LogP contribution is -2.50. The van der Waals surface area contributed by atoms with Gasteiger partial charge in [0, 0.05) is 30.8 Å². The molecule has 1 saturated heterocycles. The number of hydrogen-bond donors (Lipinski definition) is 0. The highest BCUT2D eigenvalue weighted by Crippen LogP contribution is 2.29. The molecule has 1 aliphatic carbocycles. The first-order valence-corrected chi connectivity index (χ1v) is 10.7. The number of nitrogens with zero attached hydrogens (tertiary/aromatic N) is 7. The molecule has 8 heteroatoms. The molecule has 3 aromatic heterocycles. The van der Waals surface area contributed by atoms with Crippen molar-refractivity contribution >= 4 is 5.82 Å². The molecule has 4 heterocycles. The Kier molecular flexibility index (Phi) is 4.64. The summed E-state index contributed by atoms with van der Waals surface area (Å²) in [5, 5.41) is 17.9. The Morgan fingerprint density at radius 1 is 1.07 bits per heavy atom. The average Bonchev–Trinajstić information content (AvgIpc) is 3.03. The first-order valence-electron chi connectivity index (χ1n) is 10.7. The summed E-state index contributed by atoms with van der Waals surface area (Å²) < 4.78 is 3.34. The Bertz CT molecular complexity index is 1140. The summed E-state index contributed by atoms with van der Waals surface area (Å²) in [6, 6.07) is 7.52. The van der Waals surface area contributed by atoms with Gasteiger partial charge in [-0.15, -0.1) is 10.2 Å². The Morgan fingerprint density at radius 2 is 1.90 bits per heavy atom. The fraction of sp³-hybridized carbons (Fsp3) is 0.500. The largest absolute Gasteiger partial charge is 0.354 e. The maximum absolute atomic E-state index is 12.3. The molecule has 0 amide bonds. The highest BCUT2D eigenvalue weighted by atomic mass is 16.1. The van der Waals surface area contributed by atoms with Crippen LogP contribution in [0.1, 0.15) is 36.0 Å². The van der Waals surface area contributed by atoms with Gasteiger partial charge in [-0.2, -0.15) is 10.2 Å². The van der Waals surface area contributed by atoms with Crippen molar-refractivity contribution < 1.29 is 0 Å². The van der Waals surface area contributed by atoms with Crippen LogP contribution in [0.3, 0.4) is 0 Å². The van der Waals surface area contributed by atoms with E-state index in [1.807, 2.05) is 19.9 Å². The van der Waals surface area contributed by atoms with Crippen LogP contribution in [0.5, 0.6) is 0 Å². The Morgan fingerprint density at radius 3 is 2.67 bits per heavy atom. The predicted octanol–water partition coefficient (Wildman–Crippen LogP) is 2.10. The van der Waals surface area contributed by atoms with E-state index < -0.39 is 0 Å². The molecule has 1 unspecified atom stereocenters. The van der Waals surface area contributed by atoms with Crippen molar-refractivity contribution in [1.82, 2.24) is 29.8 Å². The molecule has 0 bridgehead atoms. The minimum absolute atomic E-state index is 0.0821. The van der Waals surface area contributed by atoms with Gasteiger partial charge in [0.15, 0.2) is 11.6 Å². The lowest BCUT2D eigenvalue weighted by atomic mass is 9.88. The smallest absolute Gasteiger partial charge is 0.266 e. The number of hydrogen-bond acceptors (Lipinski definition) is 6. The van der Waals surface area contributed by atoms with Gasteiger partial charge < -0.3 is 4.90 Å². The van der Waals surface area contributed by atoms with Gasteiger partial charge in [0.25, 0.3) is 5.56 Å². The van der Waals surface area contributed by atoms with E-state index >= 15 is 0 Å². The maximum atomic E-state index is 12.3. The second-order valence-corrected chi connectivity index (χ2v) is 8.84. The van der Waals surface area contributed by atoms with E-state index in [4.69, 9.17) is 0 Å². The lowest BCUT2D eigenvalue weighted by molar-refractivity contribution is 0.331. The Balaban J connectivity index is 1.28. The third-order valence-corrected chi connectivity index (χ3v) is 6.18. The molecule has 0 N–H and O–H groups in total. The van der Waals surface area contributed by atoms with Gasteiger partial charge in [0.05, 0.1) is 17.9 Å². The van der Waals surface area contributed by atoms with Crippen molar-refractivity contribution in [2.45, 2.75) is 46.6 Å². The molecule has 0 saturated carbocycles.